The minimum absolute atomic E-state index is 0.505. The lowest BCUT2D eigenvalue weighted by atomic mass is 10.1. The van der Waals surface area contributed by atoms with E-state index in [1.165, 1.54) is 37.8 Å². The third-order valence-corrected chi connectivity index (χ3v) is 3.07. The van der Waals surface area contributed by atoms with Crippen LogP contribution in [0.15, 0.2) is 0 Å². The zero-order chi connectivity index (χ0) is 12.5. The van der Waals surface area contributed by atoms with Crippen molar-refractivity contribution in [2.75, 3.05) is 0 Å². The maximum atomic E-state index is 5.67. The largest absolute Gasteiger partial charge is 0.325 e. The third-order valence-electron chi connectivity index (χ3n) is 3.07. The normalized spacial score (nSPS) is 11.0. The van der Waals surface area contributed by atoms with E-state index in [2.05, 4.69) is 28.8 Å². The van der Waals surface area contributed by atoms with Crippen LogP contribution in [0.3, 0.4) is 0 Å². The van der Waals surface area contributed by atoms with Gasteiger partial charge in [0.05, 0.1) is 11.4 Å². The lowest BCUT2D eigenvalue weighted by molar-refractivity contribution is 0.505. The molecule has 0 aliphatic heterocycles. The van der Waals surface area contributed by atoms with E-state index in [0.29, 0.717) is 6.54 Å². The monoisotopic (exact) mass is 238 g/mol. The van der Waals surface area contributed by atoms with Crippen molar-refractivity contribution in [2.45, 2.75) is 71.9 Å². The van der Waals surface area contributed by atoms with Crippen LogP contribution in [-0.4, -0.2) is 15.0 Å². The standard InChI is InChI=1S/C13H26N4/c1-3-5-6-7-8-10-17-13(9-4-2)12(11-14)15-16-17/h3-11,14H2,1-2H3. The van der Waals surface area contributed by atoms with Gasteiger partial charge in [-0.3, -0.25) is 0 Å². The molecule has 1 rings (SSSR count). The number of aromatic nitrogens is 3. The Bertz CT molecular complexity index is 306. The first-order valence-electron chi connectivity index (χ1n) is 6.94. The van der Waals surface area contributed by atoms with Crippen LogP contribution in [0.1, 0.15) is 63.8 Å². The van der Waals surface area contributed by atoms with E-state index >= 15 is 0 Å². The molecule has 17 heavy (non-hydrogen) atoms. The van der Waals surface area contributed by atoms with Crippen molar-refractivity contribution in [3.8, 4) is 0 Å². The number of nitrogens with zero attached hydrogens (tertiary/aromatic N) is 3. The lowest BCUT2D eigenvalue weighted by Gasteiger charge is -2.06. The van der Waals surface area contributed by atoms with Crippen molar-refractivity contribution in [3.05, 3.63) is 11.4 Å². The Kier molecular flexibility index (Phi) is 6.86. The van der Waals surface area contributed by atoms with Gasteiger partial charge in [0.25, 0.3) is 0 Å². The highest BCUT2D eigenvalue weighted by Gasteiger charge is 2.09. The minimum Gasteiger partial charge on any atom is -0.325 e. The number of hydrogen-bond acceptors (Lipinski definition) is 3. The molecule has 0 aromatic carbocycles. The van der Waals surface area contributed by atoms with Crippen LogP contribution in [0.2, 0.25) is 0 Å². The fourth-order valence-corrected chi connectivity index (χ4v) is 2.08. The molecule has 0 atom stereocenters. The van der Waals surface area contributed by atoms with Crippen LogP contribution in [0, 0.1) is 0 Å². The minimum atomic E-state index is 0.505. The van der Waals surface area contributed by atoms with Crippen LogP contribution in [0.25, 0.3) is 0 Å². The van der Waals surface area contributed by atoms with E-state index in [1.54, 1.807) is 0 Å². The van der Waals surface area contributed by atoms with Gasteiger partial charge in [0.2, 0.25) is 0 Å². The summed E-state index contributed by atoms with van der Waals surface area (Å²) < 4.78 is 2.05. The van der Waals surface area contributed by atoms with Gasteiger partial charge in [-0.25, -0.2) is 4.68 Å². The summed E-state index contributed by atoms with van der Waals surface area (Å²) in [7, 11) is 0. The van der Waals surface area contributed by atoms with Crippen LogP contribution >= 0.6 is 0 Å². The van der Waals surface area contributed by atoms with Crippen molar-refractivity contribution in [3.63, 3.8) is 0 Å². The van der Waals surface area contributed by atoms with E-state index in [9.17, 15) is 0 Å². The summed E-state index contributed by atoms with van der Waals surface area (Å²) in [4.78, 5) is 0. The van der Waals surface area contributed by atoms with Crippen molar-refractivity contribution in [1.29, 1.82) is 0 Å². The van der Waals surface area contributed by atoms with Gasteiger partial charge in [-0.2, -0.15) is 0 Å². The zero-order valence-electron chi connectivity index (χ0n) is 11.3. The highest BCUT2D eigenvalue weighted by atomic mass is 15.4. The van der Waals surface area contributed by atoms with Crippen molar-refractivity contribution in [1.82, 2.24) is 15.0 Å². The van der Waals surface area contributed by atoms with Crippen LogP contribution in [-0.2, 0) is 19.5 Å². The van der Waals surface area contributed by atoms with E-state index in [1.807, 2.05) is 0 Å². The zero-order valence-corrected chi connectivity index (χ0v) is 11.3. The molecule has 1 heterocycles. The SMILES string of the molecule is CCCCCCCn1nnc(CN)c1CCC. The van der Waals surface area contributed by atoms with Crippen LogP contribution < -0.4 is 5.73 Å². The molecule has 4 nitrogen and oxygen atoms in total. The van der Waals surface area contributed by atoms with E-state index < -0.39 is 0 Å². The predicted molar refractivity (Wildman–Crippen MR) is 70.7 cm³/mol. The first-order valence-corrected chi connectivity index (χ1v) is 6.94. The lowest BCUT2D eigenvalue weighted by Crippen LogP contribution is -2.08. The molecule has 0 saturated heterocycles. The Balaban J connectivity index is 2.43. The molecular formula is C13H26N4. The van der Waals surface area contributed by atoms with E-state index in [4.69, 9.17) is 5.73 Å². The number of aryl methyl sites for hydroxylation is 1. The average Bonchev–Trinajstić information content (AvgIpc) is 2.72. The molecule has 0 bridgehead atoms. The van der Waals surface area contributed by atoms with Crippen molar-refractivity contribution >= 4 is 0 Å². The second-order valence-corrected chi connectivity index (χ2v) is 4.57. The first-order chi connectivity index (χ1) is 8.33. The smallest absolute Gasteiger partial charge is 0.0994 e. The van der Waals surface area contributed by atoms with E-state index in [-0.39, 0.29) is 0 Å². The molecule has 0 unspecified atom stereocenters. The maximum absolute atomic E-state index is 5.67. The number of unbranched alkanes of at least 4 members (excludes halogenated alkanes) is 4. The van der Waals surface area contributed by atoms with Gasteiger partial charge in [-0.05, 0) is 12.8 Å². The van der Waals surface area contributed by atoms with Crippen LogP contribution in [0.5, 0.6) is 0 Å². The van der Waals surface area contributed by atoms with Gasteiger partial charge < -0.3 is 5.73 Å². The third kappa shape index (κ3) is 4.46. The number of hydrogen-bond donors (Lipinski definition) is 1. The highest BCUT2D eigenvalue weighted by molar-refractivity contribution is 5.09. The van der Waals surface area contributed by atoms with Gasteiger partial charge in [-0.15, -0.1) is 5.10 Å². The number of rotatable bonds is 9. The molecule has 0 aliphatic rings. The molecule has 0 radical (unpaired) electrons. The average molecular weight is 238 g/mol. The fourth-order valence-electron chi connectivity index (χ4n) is 2.08. The Hall–Kier alpha value is -0.900. The maximum Gasteiger partial charge on any atom is 0.0994 e. The Morgan fingerprint density at radius 3 is 2.47 bits per heavy atom. The molecule has 98 valence electrons. The summed E-state index contributed by atoms with van der Waals surface area (Å²) >= 11 is 0. The molecule has 0 saturated carbocycles. The van der Waals surface area contributed by atoms with Gasteiger partial charge in [-0.1, -0.05) is 51.2 Å². The number of nitrogens with two attached hydrogens (primary N) is 1. The highest BCUT2D eigenvalue weighted by Crippen LogP contribution is 2.10. The topological polar surface area (TPSA) is 56.7 Å². The summed E-state index contributed by atoms with van der Waals surface area (Å²) in [5, 5.41) is 8.37. The summed E-state index contributed by atoms with van der Waals surface area (Å²) in [6.07, 6.45) is 8.61. The van der Waals surface area contributed by atoms with Crippen LogP contribution in [0.4, 0.5) is 0 Å². The fraction of sp³-hybridized carbons (Fsp3) is 0.846. The van der Waals surface area contributed by atoms with E-state index in [0.717, 1.165) is 25.1 Å². The molecular weight excluding hydrogens is 212 g/mol. The quantitative estimate of drug-likeness (QED) is 0.673. The second-order valence-electron chi connectivity index (χ2n) is 4.57. The molecule has 0 amide bonds. The molecule has 2 N–H and O–H groups in total. The Morgan fingerprint density at radius 1 is 1.06 bits per heavy atom. The summed E-state index contributed by atoms with van der Waals surface area (Å²) in [6, 6.07) is 0. The van der Waals surface area contributed by atoms with Gasteiger partial charge in [0.15, 0.2) is 0 Å². The summed E-state index contributed by atoms with van der Waals surface area (Å²) in [5.41, 5.74) is 7.89. The summed E-state index contributed by atoms with van der Waals surface area (Å²) in [5.74, 6) is 0. The molecule has 4 heteroatoms. The molecule has 1 aromatic rings. The molecule has 0 fully saturated rings. The Morgan fingerprint density at radius 2 is 1.82 bits per heavy atom. The molecule has 0 aliphatic carbocycles. The van der Waals surface area contributed by atoms with Crippen molar-refractivity contribution < 1.29 is 0 Å². The van der Waals surface area contributed by atoms with Crippen molar-refractivity contribution in [2.24, 2.45) is 5.73 Å². The Labute approximate surface area is 105 Å². The van der Waals surface area contributed by atoms with Gasteiger partial charge in [0, 0.05) is 13.1 Å². The second kappa shape index (κ2) is 8.23. The predicted octanol–water partition coefficient (Wildman–Crippen LogP) is 2.66. The first kappa shape index (κ1) is 14.2. The van der Waals surface area contributed by atoms with Gasteiger partial charge >= 0.3 is 0 Å². The molecule has 0 spiro atoms. The van der Waals surface area contributed by atoms with Gasteiger partial charge in [0.1, 0.15) is 0 Å². The molecule has 1 aromatic heterocycles. The summed E-state index contributed by atoms with van der Waals surface area (Å²) in [6.45, 7) is 5.92.